The van der Waals surface area contributed by atoms with Gasteiger partial charge in [-0.25, -0.2) is 0 Å². The number of rotatable bonds is 8. The fourth-order valence-electron chi connectivity index (χ4n) is 3.11. The Morgan fingerprint density at radius 3 is 2.15 bits per heavy atom. The molecule has 0 atom stereocenters. The molecule has 0 bridgehead atoms. The van der Waals surface area contributed by atoms with Gasteiger partial charge in [-0.1, -0.05) is 24.3 Å². The highest BCUT2D eigenvalue weighted by molar-refractivity contribution is 6.21. The second kappa shape index (κ2) is 8.26. The molecule has 0 N–H and O–H groups in total. The van der Waals surface area contributed by atoms with Gasteiger partial charge in [-0.2, -0.15) is 8.78 Å². The topological polar surface area (TPSA) is 49.9 Å². The molecule has 1 aliphatic rings. The third-order valence-corrected chi connectivity index (χ3v) is 4.40. The molecule has 3 rings (SSSR count). The predicted octanol–water partition coefficient (Wildman–Crippen LogP) is 3.41. The first kappa shape index (κ1) is 19.0. The SMILES string of the molecule is CN(CCCN1C(=O)c2ccccc2C1=O)Cc1ccc(OC(F)F)cc1. The van der Waals surface area contributed by atoms with Gasteiger partial charge in [0.1, 0.15) is 5.75 Å². The lowest BCUT2D eigenvalue weighted by atomic mass is 10.1. The van der Waals surface area contributed by atoms with Crippen LogP contribution in [0.2, 0.25) is 0 Å². The van der Waals surface area contributed by atoms with Crippen LogP contribution in [0.4, 0.5) is 8.78 Å². The zero-order valence-electron chi connectivity index (χ0n) is 14.9. The lowest BCUT2D eigenvalue weighted by molar-refractivity contribution is -0.0498. The van der Waals surface area contributed by atoms with Gasteiger partial charge in [0.2, 0.25) is 0 Å². The highest BCUT2D eigenvalue weighted by Gasteiger charge is 2.34. The van der Waals surface area contributed by atoms with Crippen molar-refractivity contribution in [2.24, 2.45) is 0 Å². The highest BCUT2D eigenvalue weighted by atomic mass is 19.3. The second-order valence-electron chi connectivity index (χ2n) is 6.42. The lowest BCUT2D eigenvalue weighted by Gasteiger charge is -2.19. The summed E-state index contributed by atoms with van der Waals surface area (Å²) in [6.45, 7) is -1.17. The number of hydrogen-bond donors (Lipinski definition) is 0. The minimum Gasteiger partial charge on any atom is -0.435 e. The van der Waals surface area contributed by atoms with Crippen molar-refractivity contribution in [3.8, 4) is 5.75 Å². The molecule has 27 heavy (non-hydrogen) atoms. The minimum atomic E-state index is -2.83. The average molecular weight is 374 g/mol. The maximum Gasteiger partial charge on any atom is 0.387 e. The van der Waals surface area contributed by atoms with E-state index in [-0.39, 0.29) is 17.6 Å². The van der Waals surface area contributed by atoms with Gasteiger partial charge in [0.25, 0.3) is 11.8 Å². The van der Waals surface area contributed by atoms with Crippen molar-refractivity contribution in [3.05, 3.63) is 65.2 Å². The van der Waals surface area contributed by atoms with E-state index in [4.69, 9.17) is 0 Å². The van der Waals surface area contributed by atoms with Crippen molar-refractivity contribution in [1.82, 2.24) is 9.80 Å². The molecule has 0 aliphatic carbocycles. The molecule has 2 amide bonds. The zero-order valence-corrected chi connectivity index (χ0v) is 14.9. The molecule has 0 spiro atoms. The van der Waals surface area contributed by atoms with Crippen LogP contribution in [0.25, 0.3) is 0 Å². The summed E-state index contributed by atoms with van der Waals surface area (Å²) in [4.78, 5) is 27.9. The fourth-order valence-corrected chi connectivity index (χ4v) is 3.11. The van der Waals surface area contributed by atoms with E-state index in [0.717, 1.165) is 5.56 Å². The lowest BCUT2D eigenvalue weighted by Crippen LogP contribution is -2.32. The number of hydrogen-bond acceptors (Lipinski definition) is 4. The van der Waals surface area contributed by atoms with Crippen LogP contribution in [0.15, 0.2) is 48.5 Å². The normalized spacial score (nSPS) is 13.6. The van der Waals surface area contributed by atoms with Crippen LogP contribution in [0.3, 0.4) is 0 Å². The molecule has 0 radical (unpaired) electrons. The molecule has 0 saturated carbocycles. The zero-order chi connectivity index (χ0) is 19.4. The van der Waals surface area contributed by atoms with Crippen molar-refractivity contribution in [2.45, 2.75) is 19.6 Å². The molecule has 0 unspecified atom stereocenters. The minimum absolute atomic E-state index is 0.127. The molecular weight excluding hydrogens is 354 g/mol. The molecular formula is C20H20F2N2O3. The number of ether oxygens (including phenoxy) is 1. The Kier molecular flexibility index (Phi) is 5.81. The first-order valence-corrected chi connectivity index (χ1v) is 8.63. The summed E-state index contributed by atoms with van der Waals surface area (Å²) in [5, 5.41) is 0. The molecule has 1 aliphatic heterocycles. The van der Waals surface area contributed by atoms with Crippen LogP contribution in [0.5, 0.6) is 5.75 Å². The molecule has 7 heteroatoms. The van der Waals surface area contributed by atoms with Gasteiger partial charge in [-0.15, -0.1) is 0 Å². The number of carbonyl (C=O) groups is 2. The summed E-state index contributed by atoms with van der Waals surface area (Å²) in [7, 11) is 1.92. The number of nitrogens with zero attached hydrogens (tertiary/aromatic N) is 2. The van der Waals surface area contributed by atoms with E-state index in [1.165, 1.54) is 17.0 Å². The third kappa shape index (κ3) is 4.49. The fraction of sp³-hybridized carbons (Fsp3) is 0.300. The van der Waals surface area contributed by atoms with Crippen LogP contribution in [-0.4, -0.2) is 48.4 Å². The monoisotopic (exact) mass is 374 g/mol. The number of imide groups is 1. The molecule has 0 fully saturated rings. The molecule has 2 aromatic carbocycles. The summed E-state index contributed by atoms with van der Waals surface area (Å²) >= 11 is 0. The standard InChI is InChI=1S/C20H20F2N2O3/c1-23(13-14-7-9-15(10-8-14)27-20(21)22)11-4-12-24-18(25)16-5-2-3-6-17(16)19(24)26/h2-3,5-10,20H,4,11-13H2,1H3. The van der Waals surface area contributed by atoms with E-state index in [9.17, 15) is 18.4 Å². The average Bonchev–Trinajstić information content (AvgIpc) is 2.88. The predicted molar refractivity (Wildman–Crippen MR) is 95.8 cm³/mol. The van der Waals surface area contributed by atoms with Crippen LogP contribution in [-0.2, 0) is 6.54 Å². The van der Waals surface area contributed by atoms with Gasteiger partial charge in [-0.05, 0) is 49.8 Å². The Bertz CT molecular complexity index is 789. The number of benzene rings is 2. The van der Waals surface area contributed by atoms with Gasteiger partial charge < -0.3 is 9.64 Å². The van der Waals surface area contributed by atoms with Crippen molar-refractivity contribution < 1.29 is 23.1 Å². The van der Waals surface area contributed by atoms with Gasteiger partial charge in [0.15, 0.2) is 0 Å². The molecule has 5 nitrogen and oxygen atoms in total. The van der Waals surface area contributed by atoms with Crippen LogP contribution < -0.4 is 4.74 Å². The van der Waals surface area contributed by atoms with Crippen molar-refractivity contribution in [2.75, 3.05) is 20.1 Å². The molecule has 0 saturated heterocycles. The number of halogens is 2. The maximum absolute atomic E-state index is 12.3. The molecule has 2 aromatic rings. The van der Waals surface area contributed by atoms with E-state index < -0.39 is 6.61 Å². The second-order valence-corrected chi connectivity index (χ2v) is 6.42. The van der Waals surface area contributed by atoms with E-state index in [2.05, 4.69) is 4.74 Å². The summed E-state index contributed by atoms with van der Waals surface area (Å²) in [6, 6.07) is 13.3. The van der Waals surface area contributed by atoms with E-state index in [0.29, 0.717) is 37.2 Å². The van der Waals surface area contributed by atoms with E-state index in [1.807, 2.05) is 11.9 Å². The van der Waals surface area contributed by atoms with Gasteiger partial charge in [-0.3, -0.25) is 14.5 Å². The molecule has 142 valence electrons. The van der Waals surface area contributed by atoms with Crippen LogP contribution >= 0.6 is 0 Å². The van der Waals surface area contributed by atoms with Crippen molar-refractivity contribution in [3.63, 3.8) is 0 Å². The Hall–Kier alpha value is -2.80. The molecule has 0 aromatic heterocycles. The van der Waals surface area contributed by atoms with Gasteiger partial charge in [0.05, 0.1) is 11.1 Å². The summed E-state index contributed by atoms with van der Waals surface area (Å²) < 4.78 is 28.6. The van der Waals surface area contributed by atoms with Crippen molar-refractivity contribution >= 4 is 11.8 Å². The highest BCUT2D eigenvalue weighted by Crippen LogP contribution is 2.22. The smallest absolute Gasteiger partial charge is 0.387 e. The largest absolute Gasteiger partial charge is 0.435 e. The summed E-state index contributed by atoms with van der Waals surface area (Å²) in [6.07, 6.45) is 0.647. The molecule has 1 heterocycles. The Labute approximate surface area is 156 Å². The van der Waals surface area contributed by atoms with Gasteiger partial charge >= 0.3 is 6.61 Å². The Balaban J connectivity index is 1.47. The van der Waals surface area contributed by atoms with Gasteiger partial charge in [0, 0.05) is 13.1 Å². The Morgan fingerprint density at radius 2 is 1.59 bits per heavy atom. The first-order chi connectivity index (χ1) is 13.0. The summed E-state index contributed by atoms with van der Waals surface area (Å²) in [5.74, 6) is -0.359. The number of fused-ring (bicyclic) bond motifs is 1. The number of carbonyl (C=O) groups excluding carboxylic acids is 2. The quantitative estimate of drug-likeness (QED) is 0.665. The third-order valence-electron chi connectivity index (χ3n) is 4.40. The van der Waals surface area contributed by atoms with Crippen LogP contribution in [0, 0.1) is 0 Å². The number of amides is 2. The van der Waals surface area contributed by atoms with E-state index >= 15 is 0 Å². The Morgan fingerprint density at radius 1 is 1.00 bits per heavy atom. The van der Waals surface area contributed by atoms with Crippen molar-refractivity contribution in [1.29, 1.82) is 0 Å². The van der Waals surface area contributed by atoms with Crippen LogP contribution in [0.1, 0.15) is 32.7 Å². The maximum atomic E-state index is 12.3. The summed E-state index contributed by atoms with van der Waals surface area (Å²) in [5.41, 5.74) is 1.88. The first-order valence-electron chi connectivity index (χ1n) is 8.63. The number of alkyl halides is 2. The van der Waals surface area contributed by atoms with E-state index in [1.54, 1.807) is 36.4 Å².